The van der Waals surface area contributed by atoms with Crippen molar-refractivity contribution in [2.75, 3.05) is 58.9 Å². The fraction of sp³-hybridized carbons (Fsp3) is 0.891. The van der Waals surface area contributed by atoms with Gasteiger partial charge in [0, 0.05) is 96.4 Å². The minimum atomic E-state index is -0.241. The van der Waals surface area contributed by atoms with Gasteiger partial charge in [0.1, 0.15) is 6.04 Å². The molecule has 14 nitrogen and oxygen atoms in total. The van der Waals surface area contributed by atoms with E-state index < -0.39 is 0 Å². The lowest BCUT2D eigenvalue weighted by molar-refractivity contribution is -0.144. The monoisotopic (exact) mass is 836 g/mol. The smallest absolute Gasteiger partial charge is 0.318 e. The second-order valence-electron chi connectivity index (χ2n) is 20.3. The van der Waals surface area contributed by atoms with Crippen LogP contribution in [0.4, 0.5) is 9.59 Å². The van der Waals surface area contributed by atoms with Crippen LogP contribution in [-0.2, 0) is 14.4 Å². The molecule has 0 aromatic rings. The lowest BCUT2D eigenvalue weighted by Gasteiger charge is -2.45. The van der Waals surface area contributed by atoms with Gasteiger partial charge in [-0.05, 0) is 95.8 Å². The summed E-state index contributed by atoms with van der Waals surface area (Å²) in [4.78, 5) is 77.8. The van der Waals surface area contributed by atoms with Crippen LogP contribution < -0.4 is 10.6 Å². The molecule has 7 heterocycles. The fourth-order valence-corrected chi connectivity index (χ4v) is 12.9. The molecule has 5 atom stereocenters. The predicted molar refractivity (Wildman–Crippen MR) is 231 cm³/mol. The molecule has 9 aliphatic rings. The van der Waals surface area contributed by atoms with Crippen LogP contribution in [0, 0.1) is 5.92 Å². The van der Waals surface area contributed by atoms with Crippen molar-refractivity contribution in [2.45, 2.75) is 197 Å². The van der Waals surface area contributed by atoms with Crippen LogP contribution >= 0.6 is 0 Å². The average Bonchev–Trinajstić information content (AvgIpc) is 3.98. The maximum Gasteiger partial charge on any atom is 0.318 e. The molecule has 9 rings (SSSR count). The van der Waals surface area contributed by atoms with E-state index in [0.29, 0.717) is 73.1 Å². The van der Waals surface area contributed by atoms with Crippen molar-refractivity contribution < 1.29 is 24.0 Å². The molecule has 2 saturated carbocycles. The van der Waals surface area contributed by atoms with Crippen molar-refractivity contribution in [3.8, 4) is 0 Å². The molecular weight excluding hydrogens is 759 g/mol. The van der Waals surface area contributed by atoms with Gasteiger partial charge in [0.25, 0.3) is 0 Å². The minimum Gasteiger partial charge on any atom is -0.343 e. The van der Waals surface area contributed by atoms with Crippen molar-refractivity contribution in [3.05, 3.63) is 0 Å². The zero-order valence-electron chi connectivity index (χ0n) is 37.2. The number of urea groups is 2. The number of fused-ring (bicyclic) bond motifs is 2. The van der Waals surface area contributed by atoms with Crippen molar-refractivity contribution >= 4 is 29.8 Å². The highest BCUT2D eigenvalue weighted by Gasteiger charge is 2.46. The third kappa shape index (κ3) is 9.59. The molecule has 0 radical (unpaired) electrons. The van der Waals surface area contributed by atoms with Crippen LogP contribution in [0.2, 0.25) is 0 Å². The Balaban J connectivity index is 0.000000168. The number of likely N-dealkylation sites (tertiary alicyclic amines) is 5. The quantitative estimate of drug-likeness (QED) is 0.383. The highest BCUT2D eigenvalue weighted by atomic mass is 16.2. The van der Waals surface area contributed by atoms with E-state index >= 15 is 0 Å². The predicted octanol–water partition coefficient (Wildman–Crippen LogP) is 4.61. The molecule has 7 saturated heterocycles. The van der Waals surface area contributed by atoms with Gasteiger partial charge in [0.15, 0.2) is 0 Å². The van der Waals surface area contributed by atoms with E-state index in [1.807, 2.05) is 4.90 Å². The number of amides is 7. The first-order valence-corrected chi connectivity index (χ1v) is 24.5. The summed E-state index contributed by atoms with van der Waals surface area (Å²) in [6.45, 7) is 14.2. The molecule has 60 heavy (non-hydrogen) atoms. The summed E-state index contributed by atoms with van der Waals surface area (Å²) < 4.78 is 0. The maximum atomic E-state index is 13.0. The normalized spacial score (nSPS) is 31.8. The number of carbonyl (C=O) groups excluding carboxylic acids is 5. The Morgan fingerprint density at radius 2 is 0.967 bits per heavy atom. The van der Waals surface area contributed by atoms with E-state index in [1.54, 1.807) is 11.8 Å². The summed E-state index contributed by atoms with van der Waals surface area (Å²) in [6, 6.07) is 3.65. The number of rotatable bonds is 7. The standard InChI is InChI=1S/C24H39N5O3.C22H38N4O2/c1-17(30)28-12-4-7-22(28)23(31)27-15-8-18(9-16-27)26-13-10-19(11-14-26)29-21-6-3-2-5-20(21)25-24(29)32;1-16(2)15-21(27)25-13-7-17(8-14-25)24-11-9-18(10-12-24)26-20-6-4-3-5-19(20)23-22(26)28/h18-22H,2-16H2,1H3,(H,25,32);16-20H,3-15H2,1-2H3,(H,23,28)/t20-,21-,22+;19-,20-/m00/s1. The molecule has 0 unspecified atom stereocenters. The SMILES string of the molecule is CC(=O)N1CCC[C@@H]1C(=O)N1CCC(N2CCC(N3C(=O)N[C@H]4CCCC[C@@H]43)CC2)CC1.CC(C)CC(=O)N1CCC(N2CCC(N3C(=O)N[C@H]4CCCC[C@@H]43)CC2)CC1. The average molecular weight is 836 g/mol. The van der Waals surface area contributed by atoms with E-state index in [9.17, 15) is 24.0 Å². The number of hydrogen-bond acceptors (Lipinski definition) is 7. The summed E-state index contributed by atoms with van der Waals surface area (Å²) in [5.74, 6) is 0.937. The van der Waals surface area contributed by atoms with E-state index in [2.05, 4.69) is 49.0 Å². The Morgan fingerprint density at radius 1 is 0.533 bits per heavy atom. The molecule has 2 N–H and O–H groups in total. The maximum absolute atomic E-state index is 13.0. The van der Waals surface area contributed by atoms with E-state index in [-0.39, 0.29) is 29.9 Å². The van der Waals surface area contributed by atoms with Gasteiger partial charge in [-0.2, -0.15) is 0 Å². The van der Waals surface area contributed by atoms with Gasteiger partial charge in [-0.3, -0.25) is 14.4 Å². The summed E-state index contributed by atoms with van der Waals surface area (Å²) in [6.07, 6.45) is 20.6. The molecular formula is C46H77N9O5. The highest BCUT2D eigenvalue weighted by Crippen LogP contribution is 2.35. The zero-order chi connectivity index (χ0) is 41.9. The lowest BCUT2D eigenvalue weighted by atomic mass is 9.89. The van der Waals surface area contributed by atoms with Crippen molar-refractivity contribution in [1.82, 2.24) is 44.9 Å². The Morgan fingerprint density at radius 3 is 1.42 bits per heavy atom. The fourth-order valence-electron chi connectivity index (χ4n) is 12.9. The van der Waals surface area contributed by atoms with Gasteiger partial charge in [-0.1, -0.05) is 39.5 Å². The molecule has 7 amide bonds. The van der Waals surface area contributed by atoms with Gasteiger partial charge < -0.3 is 44.9 Å². The second kappa shape index (κ2) is 19.5. The van der Waals surface area contributed by atoms with Crippen LogP contribution in [-0.4, -0.2) is 177 Å². The van der Waals surface area contributed by atoms with Gasteiger partial charge in [0.05, 0.1) is 24.2 Å². The summed E-state index contributed by atoms with van der Waals surface area (Å²) >= 11 is 0. The van der Waals surface area contributed by atoms with E-state index in [1.165, 1.54) is 32.1 Å². The molecule has 2 aliphatic carbocycles. The number of nitrogens with one attached hydrogen (secondary N) is 2. The molecule has 0 aromatic carbocycles. The van der Waals surface area contributed by atoms with Crippen LogP contribution in [0.3, 0.4) is 0 Å². The highest BCUT2D eigenvalue weighted by molar-refractivity contribution is 5.87. The molecule has 0 bridgehead atoms. The molecule has 14 heteroatoms. The number of carbonyl (C=O) groups is 5. The summed E-state index contributed by atoms with van der Waals surface area (Å²) in [7, 11) is 0. The third-order valence-corrected chi connectivity index (χ3v) is 16.2. The molecule has 0 spiro atoms. The summed E-state index contributed by atoms with van der Waals surface area (Å²) in [5, 5.41) is 6.48. The second-order valence-corrected chi connectivity index (χ2v) is 20.3. The minimum absolute atomic E-state index is 0.0184. The lowest BCUT2D eigenvalue weighted by Crippen LogP contribution is -2.55. The van der Waals surface area contributed by atoms with Gasteiger partial charge >= 0.3 is 12.1 Å². The molecule has 9 fully saturated rings. The van der Waals surface area contributed by atoms with E-state index in [0.717, 1.165) is 136 Å². The Bertz CT molecular complexity index is 1510. The van der Waals surface area contributed by atoms with Crippen LogP contribution in [0.5, 0.6) is 0 Å². The van der Waals surface area contributed by atoms with Gasteiger partial charge in [-0.25, -0.2) is 9.59 Å². The van der Waals surface area contributed by atoms with Gasteiger partial charge in [0.2, 0.25) is 17.7 Å². The first-order chi connectivity index (χ1) is 29.0. The summed E-state index contributed by atoms with van der Waals surface area (Å²) in [5.41, 5.74) is 0. The van der Waals surface area contributed by atoms with Crippen LogP contribution in [0.15, 0.2) is 0 Å². The Hall–Kier alpha value is -3.13. The Kier molecular flexibility index (Phi) is 14.1. The Labute approximate surface area is 359 Å². The third-order valence-electron chi connectivity index (χ3n) is 16.2. The van der Waals surface area contributed by atoms with Gasteiger partial charge in [-0.15, -0.1) is 0 Å². The number of piperidine rings is 4. The van der Waals surface area contributed by atoms with Crippen molar-refractivity contribution in [2.24, 2.45) is 5.92 Å². The van der Waals surface area contributed by atoms with E-state index in [4.69, 9.17) is 0 Å². The van der Waals surface area contributed by atoms with Crippen LogP contribution in [0.25, 0.3) is 0 Å². The molecule has 7 aliphatic heterocycles. The first kappa shape index (κ1) is 43.5. The molecule has 0 aromatic heterocycles. The topological polar surface area (TPSA) is 132 Å². The molecule has 336 valence electrons. The number of nitrogens with zero attached hydrogens (tertiary/aromatic N) is 7. The first-order valence-electron chi connectivity index (χ1n) is 24.5. The largest absolute Gasteiger partial charge is 0.343 e. The number of hydrogen-bond donors (Lipinski definition) is 2. The van der Waals surface area contributed by atoms with Crippen molar-refractivity contribution in [1.29, 1.82) is 0 Å². The van der Waals surface area contributed by atoms with Crippen molar-refractivity contribution in [3.63, 3.8) is 0 Å². The van der Waals surface area contributed by atoms with Crippen LogP contribution in [0.1, 0.15) is 143 Å². The zero-order valence-corrected chi connectivity index (χ0v) is 37.2.